The fourth-order valence-electron chi connectivity index (χ4n) is 4.12. The summed E-state index contributed by atoms with van der Waals surface area (Å²) in [6.45, 7) is 1.91. The number of hydrogen-bond acceptors (Lipinski definition) is 3. The molecule has 2 aromatic heterocycles. The second-order valence-electron chi connectivity index (χ2n) is 7.84. The molecule has 0 bridgehead atoms. The summed E-state index contributed by atoms with van der Waals surface area (Å²) in [5.41, 5.74) is 5.83. The number of halogens is 1. The van der Waals surface area contributed by atoms with Gasteiger partial charge in [-0.15, -0.1) is 0 Å². The van der Waals surface area contributed by atoms with E-state index < -0.39 is 5.56 Å². The Bertz CT molecular complexity index is 1580. The maximum atomic E-state index is 13.0. The molecule has 0 amide bonds. The van der Waals surface area contributed by atoms with Gasteiger partial charge < -0.3 is 4.98 Å². The van der Waals surface area contributed by atoms with Crippen molar-refractivity contribution in [3.8, 4) is 45.4 Å². The van der Waals surface area contributed by atoms with E-state index in [1.165, 1.54) is 0 Å². The molecule has 0 spiro atoms. The molecular weight excluding hydrogens is 488 g/mol. The first-order valence-corrected chi connectivity index (χ1v) is 11.5. The molecular formula is C28H19BrN4O. The van der Waals surface area contributed by atoms with Gasteiger partial charge in [0.15, 0.2) is 0 Å². The highest BCUT2D eigenvalue weighted by Crippen LogP contribution is 2.38. The minimum absolute atomic E-state index is 0.0637. The molecule has 0 saturated heterocycles. The molecule has 164 valence electrons. The first kappa shape index (κ1) is 21.6. The van der Waals surface area contributed by atoms with Gasteiger partial charge in [0, 0.05) is 26.9 Å². The third-order valence-electron chi connectivity index (χ3n) is 5.68. The van der Waals surface area contributed by atoms with Crippen LogP contribution in [0.5, 0.6) is 0 Å². The first-order valence-electron chi connectivity index (χ1n) is 10.7. The molecule has 5 nitrogen and oxygen atoms in total. The zero-order valence-corrected chi connectivity index (χ0v) is 19.9. The Kier molecular flexibility index (Phi) is 5.70. The number of nitriles is 1. The summed E-state index contributed by atoms with van der Waals surface area (Å²) in [5, 5.41) is 14.8. The third kappa shape index (κ3) is 3.87. The van der Waals surface area contributed by atoms with Crippen LogP contribution in [0.4, 0.5) is 0 Å². The average Bonchev–Trinajstić information content (AvgIpc) is 3.22. The third-order valence-corrected chi connectivity index (χ3v) is 6.21. The Hall–Kier alpha value is -4.21. The van der Waals surface area contributed by atoms with Crippen molar-refractivity contribution in [3.05, 3.63) is 117 Å². The number of rotatable bonds is 4. The summed E-state index contributed by atoms with van der Waals surface area (Å²) >= 11 is 3.45. The minimum Gasteiger partial charge on any atom is -0.321 e. The Morgan fingerprint density at radius 3 is 2.21 bits per heavy atom. The van der Waals surface area contributed by atoms with Crippen LogP contribution in [0.2, 0.25) is 0 Å². The zero-order chi connectivity index (χ0) is 23.7. The lowest BCUT2D eigenvalue weighted by atomic mass is 9.94. The van der Waals surface area contributed by atoms with Crippen molar-refractivity contribution in [2.24, 2.45) is 0 Å². The van der Waals surface area contributed by atoms with Crippen molar-refractivity contribution in [3.63, 3.8) is 0 Å². The van der Waals surface area contributed by atoms with E-state index in [2.05, 4.69) is 27.0 Å². The molecule has 0 radical (unpaired) electrons. The van der Waals surface area contributed by atoms with Gasteiger partial charge in [-0.2, -0.15) is 10.4 Å². The van der Waals surface area contributed by atoms with E-state index in [1.54, 1.807) is 0 Å². The van der Waals surface area contributed by atoms with E-state index in [4.69, 9.17) is 5.10 Å². The van der Waals surface area contributed by atoms with Crippen molar-refractivity contribution < 1.29 is 0 Å². The van der Waals surface area contributed by atoms with E-state index in [0.717, 1.165) is 38.2 Å². The normalized spacial score (nSPS) is 10.7. The van der Waals surface area contributed by atoms with Crippen LogP contribution in [0.3, 0.4) is 0 Å². The summed E-state index contributed by atoms with van der Waals surface area (Å²) in [6.07, 6.45) is 0. The van der Waals surface area contributed by atoms with Crippen LogP contribution in [0.1, 0.15) is 11.3 Å². The second-order valence-corrected chi connectivity index (χ2v) is 8.76. The van der Waals surface area contributed by atoms with Crippen LogP contribution >= 0.6 is 15.9 Å². The number of pyridine rings is 1. The van der Waals surface area contributed by atoms with E-state index in [1.807, 2.05) is 103 Å². The molecule has 3 aromatic carbocycles. The molecule has 0 atom stereocenters. The molecule has 0 fully saturated rings. The minimum atomic E-state index is -0.427. The van der Waals surface area contributed by atoms with Gasteiger partial charge in [0.2, 0.25) is 0 Å². The lowest BCUT2D eigenvalue weighted by molar-refractivity contribution is 0.869. The fourth-order valence-corrected chi connectivity index (χ4v) is 4.39. The molecule has 0 saturated carbocycles. The summed E-state index contributed by atoms with van der Waals surface area (Å²) in [6, 6.07) is 31.4. The quantitative estimate of drug-likeness (QED) is 0.302. The number of aromatic nitrogens is 3. The van der Waals surface area contributed by atoms with E-state index in [9.17, 15) is 10.1 Å². The van der Waals surface area contributed by atoms with E-state index in [-0.39, 0.29) is 5.56 Å². The largest absolute Gasteiger partial charge is 0.321 e. The molecule has 1 N–H and O–H groups in total. The van der Waals surface area contributed by atoms with Crippen LogP contribution in [0.25, 0.3) is 39.3 Å². The van der Waals surface area contributed by atoms with Crippen molar-refractivity contribution in [1.82, 2.24) is 14.8 Å². The van der Waals surface area contributed by atoms with Crippen molar-refractivity contribution in [2.75, 3.05) is 0 Å². The van der Waals surface area contributed by atoms with Gasteiger partial charge in [0.1, 0.15) is 11.6 Å². The lowest BCUT2D eigenvalue weighted by Gasteiger charge is -2.12. The van der Waals surface area contributed by atoms with E-state index >= 15 is 0 Å². The Morgan fingerprint density at radius 1 is 0.912 bits per heavy atom. The molecule has 0 aliphatic carbocycles. The molecule has 34 heavy (non-hydrogen) atoms. The molecule has 2 heterocycles. The molecule has 5 rings (SSSR count). The highest BCUT2D eigenvalue weighted by molar-refractivity contribution is 9.10. The van der Waals surface area contributed by atoms with Crippen molar-refractivity contribution in [1.29, 1.82) is 5.26 Å². The number of para-hydroxylation sites is 1. The Morgan fingerprint density at radius 2 is 1.56 bits per heavy atom. The summed E-state index contributed by atoms with van der Waals surface area (Å²) in [4.78, 5) is 15.9. The van der Waals surface area contributed by atoms with Gasteiger partial charge in [0.25, 0.3) is 5.56 Å². The number of aryl methyl sites for hydroxylation is 1. The molecule has 6 heteroatoms. The summed E-state index contributed by atoms with van der Waals surface area (Å²) in [5.74, 6) is 0. The van der Waals surface area contributed by atoms with Crippen molar-refractivity contribution >= 4 is 15.9 Å². The molecule has 5 aromatic rings. The van der Waals surface area contributed by atoms with Gasteiger partial charge in [-0.25, -0.2) is 4.68 Å². The number of H-pyrrole nitrogens is 1. The van der Waals surface area contributed by atoms with Crippen LogP contribution in [0, 0.1) is 18.3 Å². The SMILES string of the molecule is Cc1nn(-c2ccccc2)c(-c2ccccc2)c1-c1cc(-c2ccc(Br)cc2)[nH]c(=O)c1C#N. The fraction of sp³-hybridized carbons (Fsp3) is 0.0357. The number of aromatic amines is 1. The Balaban J connectivity index is 1.84. The van der Waals surface area contributed by atoms with Crippen LogP contribution in [-0.4, -0.2) is 14.8 Å². The Labute approximate surface area is 205 Å². The molecule has 0 aliphatic rings. The molecule has 0 unspecified atom stereocenters. The predicted octanol–water partition coefficient (Wildman–Crippen LogP) is 6.50. The summed E-state index contributed by atoms with van der Waals surface area (Å²) in [7, 11) is 0. The second kappa shape index (κ2) is 8.97. The number of nitrogens with zero attached hydrogens (tertiary/aromatic N) is 3. The average molecular weight is 507 g/mol. The maximum absolute atomic E-state index is 13.0. The topological polar surface area (TPSA) is 74.5 Å². The van der Waals surface area contributed by atoms with Crippen LogP contribution < -0.4 is 5.56 Å². The van der Waals surface area contributed by atoms with Gasteiger partial charge >= 0.3 is 0 Å². The number of benzene rings is 3. The lowest BCUT2D eigenvalue weighted by Crippen LogP contribution is -2.13. The van der Waals surface area contributed by atoms with Crippen LogP contribution in [0.15, 0.2) is 100 Å². The standard InChI is InChI=1S/C28H19BrN4O/c1-18-26(23-16-25(31-28(34)24(23)17-30)19-12-14-21(29)15-13-19)27(20-8-4-2-5-9-20)33(32-18)22-10-6-3-7-11-22/h2-16H,1H3,(H,31,34). The predicted molar refractivity (Wildman–Crippen MR) is 138 cm³/mol. The van der Waals surface area contributed by atoms with Crippen LogP contribution in [-0.2, 0) is 0 Å². The van der Waals surface area contributed by atoms with E-state index in [0.29, 0.717) is 11.3 Å². The maximum Gasteiger partial charge on any atom is 0.266 e. The summed E-state index contributed by atoms with van der Waals surface area (Å²) < 4.78 is 2.82. The van der Waals surface area contributed by atoms with Gasteiger partial charge in [-0.3, -0.25) is 4.79 Å². The first-order chi connectivity index (χ1) is 16.6. The van der Waals surface area contributed by atoms with Gasteiger partial charge in [-0.05, 0) is 42.8 Å². The van der Waals surface area contributed by atoms with Crippen molar-refractivity contribution in [2.45, 2.75) is 6.92 Å². The molecule has 0 aliphatic heterocycles. The smallest absolute Gasteiger partial charge is 0.266 e. The van der Waals surface area contributed by atoms with Gasteiger partial charge in [0.05, 0.1) is 17.1 Å². The van der Waals surface area contributed by atoms with Gasteiger partial charge in [-0.1, -0.05) is 76.6 Å². The highest BCUT2D eigenvalue weighted by Gasteiger charge is 2.24. The highest BCUT2D eigenvalue weighted by atomic mass is 79.9. The number of nitrogens with one attached hydrogen (secondary N) is 1. The monoisotopic (exact) mass is 506 g/mol. The zero-order valence-electron chi connectivity index (χ0n) is 18.3. The number of hydrogen-bond donors (Lipinski definition) is 1.